The Morgan fingerprint density at radius 2 is 1.77 bits per heavy atom. The first-order valence-corrected chi connectivity index (χ1v) is 4.80. The van der Waals surface area contributed by atoms with Crippen LogP contribution in [0.15, 0.2) is 18.2 Å². The van der Waals surface area contributed by atoms with Gasteiger partial charge in [0, 0.05) is 5.56 Å². The van der Waals surface area contributed by atoms with Crippen LogP contribution in [0.5, 0.6) is 11.5 Å². The van der Waals surface area contributed by atoms with Crippen LogP contribution >= 0.6 is 0 Å². The molecule has 0 atom stereocenters. The minimum atomic E-state index is 0.00407. The number of hydrogen-bond acceptors (Lipinski definition) is 2. The smallest absolute Gasteiger partial charge is 0.160 e. The fraction of sp³-hybridized carbons (Fsp3) is 0.455. The third-order valence-corrected chi connectivity index (χ3v) is 2.84. The summed E-state index contributed by atoms with van der Waals surface area (Å²) in [7, 11) is 0. The van der Waals surface area contributed by atoms with E-state index >= 15 is 0 Å². The second-order valence-electron chi connectivity index (χ2n) is 3.70. The van der Waals surface area contributed by atoms with Gasteiger partial charge in [-0.2, -0.15) is 0 Å². The molecule has 70 valence electrons. The third kappa shape index (κ3) is 1.48. The summed E-state index contributed by atoms with van der Waals surface area (Å²) >= 11 is 0. The predicted octanol–water partition coefficient (Wildman–Crippen LogP) is 2.76. The van der Waals surface area contributed by atoms with Crippen LogP contribution in [0.2, 0.25) is 0 Å². The normalized spacial score (nSPS) is 17.8. The standard InChI is InChI=1S/C11H14O2/c12-10-7-3-6-9(11(10)13)8-4-1-2-5-8/h3,6-8,12-13H,1-2,4-5H2. The molecular formula is C11H14O2. The molecule has 2 N–H and O–H groups in total. The first-order valence-electron chi connectivity index (χ1n) is 4.80. The molecule has 1 fully saturated rings. The Kier molecular flexibility index (Phi) is 2.13. The van der Waals surface area contributed by atoms with Crippen LogP contribution < -0.4 is 0 Å². The van der Waals surface area contributed by atoms with Crippen molar-refractivity contribution in [1.29, 1.82) is 0 Å². The Morgan fingerprint density at radius 1 is 1.08 bits per heavy atom. The van der Waals surface area contributed by atoms with Gasteiger partial charge < -0.3 is 10.2 Å². The van der Waals surface area contributed by atoms with Gasteiger partial charge in [-0.1, -0.05) is 25.0 Å². The molecule has 0 aliphatic heterocycles. The first-order chi connectivity index (χ1) is 6.29. The van der Waals surface area contributed by atoms with Crippen LogP contribution in [0.4, 0.5) is 0 Å². The molecule has 1 aliphatic carbocycles. The Bertz CT molecular complexity index is 301. The van der Waals surface area contributed by atoms with Crippen molar-refractivity contribution < 1.29 is 10.2 Å². The van der Waals surface area contributed by atoms with E-state index in [2.05, 4.69) is 0 Å². The van der Waals surface area contributed by atoms with Crippen LogP contribution in [0, 0.1) is 0 Å². The van der Waals surface area contributed by atoms with Crippen LogP contribution in [-0.2, 0) is 0 Å². The van der Waals surface area contributed by atoms with Gasteiger partial charge in [0.25, 0.3) is 0 Å². The minimum absolute atomic E-state index is 0.00407. The lowest BCUT2D eigenvalue weighted by Gasteiger charge is -2.11. The van der Waals surface area contributed by atoms with Crippen molar-refractivity contribution in [3.8, 4) is 11.5 Å². The summed E-state index contributed by atoms with van der Waals surface area (Å²) in [4.78, 5) is 0. The number of rotatable bonds is 1. The minimum Gasteiger partial charge on any atom is -0.504 e. The van der Waals surface area contributed by atoms with Gasteiger partial charge in [-0.3, -0.25) is 0 Å². The van der Waals surface area contributed by atoms with Crippen molar-refractivity contribution in [3.63, 3.8) is 0 Å². The summed E-state index contributed by atoms with van der Waals surface area (Å²) in [6.07, 6.45) is 4.74. The van der Waals surface area contributed by atoms with E-state index in [4.69, 9.17) is 0 Å². The predicted molar refractivity (Wildman–Crippen MR) is 51.0 cm³/mol. The van der Waals surface area contributed by atoms with E-state index in [0.29, 0.717) is 5.92 Å². The molecule has 0 radical (unpaired) electrons. The second kappa shape index (κ2) is 3.29. The van der Waals surface area contributed by atoms with E-state index in [0.717, 1.165) is 18.4 Å². The highest BCUT2D eigenvalue weighted by Crippen LogP contribution is 2.41. The SMILES string of the molecule is Oc1cccc(C2CCCC2)c1O. The summed E-state index contributed by atoms with van der Waals surface area (Å²) in [5, 5.41) is 18.9. The van der Waals surface area contributed by atoms with Crippen molar-refractivity contribution in [3.05, 3.63) is 23.8 Å². The van der Waals surface area contributed by atoms with Crippen LogP contribution in [0.3, 0.4) is 0 Å². The molecule has 1 aromatic rings. The van der Waals surface area contributed by atoms with Crippen LogP contribution in [0.1, 0.15) is 37.2 Å². The summed E-state index contributed by atoms with van der Waals surface area (Å²) < 4.78 is 0. The highest BCUT2D eigenvalue weighted by Gasteiger charge is 2.20. The summed E-state index contributed by atoms with van der Waals surface area (Å²) in [5.74, 6) is 0.533. The molecule has 13 heavy (non-hydrogen) atoms. The average Bonchev–Trinajstić information content (AvgIpc) is 2.62. The van der Waals surface area contributed by atoms with Crippen molar-refractivity contribution in [2.45, 2.75) is 31.6 Å². The van der Waals surface area contributed by atoms with E-state index in [1.165, 1.54) is 18.9 Å². The maximum atomic E-state index is 9.61. The largest absolute Gasteiger partial charge is 0.504 e. The van der Waals surface area contributed by atoms with Gasteiger partial charge in [0.2, 0.25) is 0 Å². The van der Waals surface area contributed by atoms with Crippen molar-refractivity contribution in [1.82, 2.24) is 0 Å². The number of phenols is 2. The van der Waals surface area contributed by atoms with Gasteiger partial charge in [0.05, 0.1) is 0 Å². The Balaban J connectivity index is 2.33. The molecular weight excluding hydrogens is 164 g/mol. The van der Waals surface area contributed by atoms with E-state index in [-0.39, 0.29) is 11.5 Å². The van der Waals surface area contributed by atoms with Gasteiger partial charge in [0.15, 0.2) is 11.5 Å². The molecule has 0 spiro atoms. The fourth-order valence-electron chi connectivity index (χ4n) is 2.11. The lowest BCUT2D eigenvalue weighted by Crippen LogP contribution is -1.92. The van der Waals surface area contributed by atoms with Gasteiger partial charge in [-0.25, -0.2) is 0 Å². The highest BCUT2D eigenvalue weighted by molar-refractivity contribution is 5.46. The zero-order valence-electron chi connectivity index (χ0n) is 7.53. The van der Waals surface area contributed by atoms with Crippen molar-refractivity contribution in [2.24, 2.45) is 0 Å². The number of hydrogen-bond donors (Lipinski definition) is 2. The maximum Gasteiger partial charge on any atom is 0.160 e. The van der Waals surface area contributed by atoms with E-state index in [1.807, 2.05) is 6.07 Å². The molecule has 1 aliphatic rings. The summed E-state index contributed by atoms with van der Waals surface area (Å²) in [6, 6.07) is 5.22. The van der Waals surface area contributed by atoms with E-state index < -0.39 is 0 Å². The molecule has 2 heteroatoms. The molecule has 0 amide bonds. The number of benzene rings is 1. The molecule has 0 aromatic heterocycles. The Hall–Kier alpha value is -1.18. The van der Waals surface area contributed by atoms with Crippen molar-refractivity contribution >= 4 is 0 Å². The maximum absolute atomic E-state index is 9.61. The van der Waals surface area contributed by atoms with Gasteiger partial charge in [-0.05, 0) is 24.8 Å². The summed E-state index contributed by atoms with van der Waals surface area (Å²) in [6.45, 7) is 0. The highest BCUT2D eigenvalue weighted by atomic mass is 16.3. The molecule has 1 saturated carbocycles. The molecule has 2 rings (SSSR count). The summed E-state index contributed by atoms with van der Waals surface area (Å²) in [5.41, 5.74) is 0.914. The lowest BCUT2D eigenvalue weighted by atomic mass is 9.96. The van der Waals surface area contributed by atoms with Crippen LogP contribution in [-0.4, -0.2) is 10.2 Å². The zero-order chi connectivity index (χ0) is 9.26. The second-order valence-corrected chi connectivity index (χ2v) is 3.70. The van der Waals surface area contributed by atoms with Gasteiger partial charge >= 0.3 is 0 Å². The number of phenolic OH excluding ortho intramolecular Hbond substituents is 2. The average molecular weight is 178 g/mol. The van der Waals surface area contributed by atoms with Crippen molar-refractivity contribution in [2.75, 3.05) is 0 Å². The molecule has 2 nitrogen and oxygen atoms in total. The zero-order valence-corrected chi connectivity index (χ0v) is 7.53. The third-order valence-electron chi connectivity index (χ3n) is 2.84. The number of aromatic hydroxyl groups is 2. The van der Waals surface area contributed by atoms with Gasteiger partial charge in [-0.15, -0.1) is 0 Å². The molecule has 0 saturated heterocycles. The monoisotopic (exact) mass is 178 g/mol. The molecule has 1 aromatic carbocycles. The molecule has 0 heterocycles. The lowest BCUT2D eigenvalue weighted by molar-refractivity contribution is 0.396. The van der Waals surface area contributed by atoms with E-state index in [1.54, 1.807) is 6.07 Å². The topological polar surface area (TPSA) is 40.5 Å². The van der Waals surface area contributed by atoms with Crippen LogP contribution in [0.25, 0.3) is 0 Å². The Labute approximate surface area is 77.8 Å². The molecule has 0 bridgehead atoms. The van der Waals surface area contributed by atoms with E-state index in [9.17, 15) is 10.2 Å². The first kappa shape index (κ1) is 8.42. The Morgan fingerprint density at radius 3 is 2.46 bits per heavy atom. The quantitative estimate of drug-likeness (QED) is 0.649. The molecule has 0 unspecified atom stereocenters. The van der Waals surface area contributed by atoms with Gasteiger partial charge in [0.1, 0.15) is 0 Å². The fourth-order valence-corrected chi connectivity index (χ4v) is 2.11. The number of para-hydroxylation sites is 1.